The number of methoxy groups -OCH3 is 1. The maximum Gasteiger partial charge on any atom is 0.329 e. The van der Waals surface area contributed by atoms with E-state index in [1.54, 1.807) is 23.8 Å². The van der Waals surface area contributed by atoms with Crippen LogP contribution in [0.2, 0.25) is 0 Å². The zero-order valence-electron chi connectivity index (χ0n) is 16.8. The van der Waals surface area contributed by atoms with Gasteiger partial charge >= 0.3 is 5.97 Å². The van der Waals surface area contributed by atoms with Crippen LogP contribution in [0.15, 0.2) is 24.3 Å². The highest BCUT2D eigenvalue weighted by Crippen LogP contribution is 2.34. The Labute approximate surface area is 166 Å². The normalized spacial score (nSPS) is 19.4. The predicted octanol–water partition coefficient (Wildman–Crippen LogP) is 3.90. The number of ether oxygens (including phenoxy) is 2. The van der Waals surface area contributed by atoms with Gasteiger partial charge in [0.1, 0.15) is 11.8 Å². The molecule has 27 heavy (non-hydrogen) atoms. The van der Waals surface area contributed by atoms with Gasteiger partial charge in [-0.25, -0.2) is 4.79 Å². The van der Waals surface area contributed by atoms with Crippen molar-refractivity contribution in [2.24, 2.45) is 5.92 Å². The Hall–Kier alpha value is -1.69. The van der Waals surface area contributed by atoms with Gasteiger partial charge in [-0.1, -0.05) is 39.3 Å². The number of thioether (sulfide) groups is 1. The van der Waals surface area contributed by atoms with Crippen molar-refractivity contribution in [2.45, 2.75) is 57.9 Å². The molecule has 0 saturated carbocycles. The van der Waals surface area contributed by atoms with Crippen molar-refractivity contribution >= 4 is 23.6 Å². The second kappa shape index (κ2) is 10.6. The summed E-state index contributed by atoms with van der Waals surface area (Å²) in [6.45, 7) is 6.76. The Bertz CT molecular complexity index is 617. The average Bonchev–Trinajstić information content (AvgIpc) is 3.05. The third kappa shape index (κ3) is 6.16. The zero-order chi connectivity index (χ0) is 19.8. The lowest BCUT2D eigenvalue weighted by Crippen LogP contribution is -2.47. The molecule has 6 heteroatoms. The van der Waals surface area contributed by atoms with Crippen LogP contribution in [0.25, 0.3) is 0 Å². The van der Waals surface area contributed by atoms with Gasteiger partial charge in [0.15, 0.2) is 0 Å². The minimum atomic E-state index is -0.485. The summed E-state index contributed by atoms with van der Waals surface area (Å²) in [6.07, 6.45) is 2.97. The average molecular weight is 394 g/mol. The van der Waals surface area contributed by atoms with Gasteiger partial charge in [-0.2, -0.15) is 0 Å². The number of hydrogen-bond donors (Lipinski definition) is 0. The Morgan fingerprint density at radius 2 is 1.96 bits per heavy atom. The molecular formula is C21H31NO4S. The fraction of sp³-hybridized carbons (Fsp3) is 0.619. The van der Waals surface area contributed by atoms with Crippen LogP contribution in [0.5, 0.6) is 5.75 Å². The Balaban J connectivity index is 2.10. The number of carbonyl (C=O) groups is 2. The monoisotopic (exact) mass is 393 g/mol. The molecule has 0 aliphatic carbocycles. The second-order valence-electron chi connectivity index (χ2n) is 7.28. The zero-order valence-corrected chi connectivity index (χ0v) is 17.6. The molecule has 0 aromatic heterocycles. The van der Waals surface area contributed by atoms with Crippen molar-refractivity contribution in [3.63, 3.8) is 0 Å². The topological polar surface area (TPSA) is 55.8 Å². The molecule has 1 aliphatic rings. The summed E-state index contributed by atoms with van der Waals surface area (Å²) in [7, 11) is 1.62. The van der Waals surface area contributed by atoms with E-state index in [-0.39, 0.29) is 23.7 Å². The molecule has 1 aromatic rings. The summed E-state index contributed by atoms with van der Waals surface area (Å²) < 4.78 is 10.6. The van der Waals surface area contributed by atoms with Crippen molar-refractivity contribution in [1.29, 1.82) is 0 Å². The molecule has 1 saturated heterocycles. The molecule has 1 fully saturated rings. The molecule has 2 rings (SSSR count). The number of amides is 1. The quantitative estimate of drug-likeness (QED) is 0.470. The van der Waals surface area contributed by atoms with Crippen LogP contribution in [0.4, 0.5) is 0 Å². The van der Waals surface area contributed by atoms with Gasteiger partial charge in [0, 0.05) is 5.75 Å². The van der Waals surface area contributed by atoms with Crippen LogP contribution < -0.4 is 4.74 Å². The number of rotatable bonds is 9. The summed E-state index contributed by atoms with van der Waals surface area (Å²) in [4.78, 5) is 27.4. The lowest BCUT2D eigenvalue weighted by molar-refractivity contribution is -0.154. The molecule has 5 nitrogen and oxygen atoms in total. The smallest absolute Gasteiger partial charge is 0.329 e. The highest BCUT2D eigenvalue weighted by Gasteiger charge is 2.42. The van der Waals surface area contributed by atoms with E-state index in [0.29, 0.717) is 18.3 Å². The molecule has 0 N–H and O–H groups in total. The molecule has 2 atom stereocenters. The van der Waals surface area contributed by atoms with E-state index < -0.39 is 6.04 Å². The number of hydrogen-bond acceptors (Lipinski definition) is 5. The number of nitrogens with zero attached hydrogens (tertiary/aromatic N) is 1. The molecular weight excluding hydrogens is 362 g/mol. The van der Waals surface area contributed by atoms with E-state index >= 15 is 0 Å². The largest absolute Gasteiger partial charge is 0.497 e. The molecule has 1 amide bonds. The van der Waals surface area contributed by atoms with E-state index in [9.17, 15) is 9.59 Å². The van der Waals surface area contributed by atoms with Gasteiger partial charge in [0.25, 0.3) is 0 Å². The number of benzene rings is 1. The third-order valence-electron chi connectivity index (χ3n) is 4.58. The number of unbranched alkanes of at least 4 members (excludes halogenated alkanes) is 1. The summed E-state index contributed by atoms with van der Waals surface area (Å²) in [5.41, 5.74) is 0.916. The summed E-state index contributed by atoms with van der Waals surface area (Å²) >= 11 is 1.68. The van der Waals surface area contributed by atoms with Crippen LogP contribution in [0.3, 0.4) is 0 Å². The van der Waals surface area contributed by atoms with Crippen LogP contribution in [-0.4, -0.2) is 47.7 Å². The molecule has 150 valence electrons. The molecule has 0 unspecified atom stereocenters. The summed E-state index contributed by atoms with van der Waals surface area (Å²) in [5.74, 6) is 1.53. The molecule has 0 bridgehead atoms. The molecule has 1 aromatic carbocycles. The van der Waals surface area contributed by atoms with E-state index in [0.717, 1.165) is 30.6 Å². The standard InChI is InChI=1S/C21H31NO4S/c1-5-6-11-26-21(24)18-14-27-20(12-15(2)3)22(18)19(23)13-16-7-9-17(25-4)10-8-16/h7-10,15,18,20H,5-6,11-14H2,1-4H3/t18-,20-/m1/s1. The van der Waals surface area contributed by atoms with Crippen LogP contribution in [-0.2, 0) is 20.7 Å². The maximum atomic E-state index is 13.1. The van der Waals surface area contributed by atoms with Gasteiger partial charge in [-0.3, -0.25) is 4.79 Å². The minimum absolute atomic E-state index is 0.0201. The van der Waals surface area contributed by atoms with Crippen molar-refractivity contribution in [2.75, 3.05) is 19.5 Å². The van der Waals surface area contributed by atoms with Gasteiger partial charge < -0.3 is 14.4 Å². The van der Waals surface area contributed by atoms with Crippen molar-refractivity contribution in [3.05, 3.63) is 29.8 Å². The first kappa shape index (κ1) is 21.6. The first-order chi connectivity index (χ1) is 13.0. The summed E-state index contributed by atoms with van der Waals surface area (Å²) in [5, 5.41) is 0.0273. The third-order valence-corrected chi connectivity index (χ3v) is 5.89. The highest BCUT2D eigenvalue weighted by atomic mass is 32.2. The minimum Gasteiger partial charge on any atom is -0.497 e. The van der Waals surface area contributed by atoms with Crippen LogP contribution >= 0.6 is 11.8 Å². The first-order valence-corrected chi connectivity index (χ1v) is 10.7. The van der Waals surface area contributed by atoms with E-state index in [4.69, 9.17) is 9.47 Å². The highest BCUT2D eigenvalue weighted by molar-refractivity contribution is 8.00. The Morgan fingerprint density at radius 1 is 1.26 bits per heavy atom. The van der Waals surface area contributed by atoms with Crippen LogP contribution in [0.1, 0.15) is 45.6 Å². The first-order valence-electron chi connectivity index (χ1n) is 9.68. The SMILES string of the molecule is CCCCOC(=O)[C@H]1CS[C@H](CC(C)C)N1C(=O)Cc1ccc(OC)cc1. The maximum absolute atomic E-state index is 13.1. The molecule has 0 spiro atoms. The van der Waals surface area contributed by atoms with Gasteiger partial charge in [-0.15, -0.1) is 11.8 Å². The van der Waals surface area contributed by atoms with Crippen molar-refractivity contribution < 1.29 is 19.1 Å². The fourth-order valence-electron chi connectivity index (χ4n) is 3.09. The van der Waals surface area contributed by atoms with E-state index in [1.807, 2.05) is 24.3 Å². The summed E-state index contributed by atoms with van der Waals surface area (Å²) in [6, 6.07) is 7.01. The van der Waals surface area contributed by atoms with Gasteiger partial charge in [-0.05, 0) is 36.5 Å². The lowest BCUT2D eigenvalue weighted by atomic mass is 10.1. The molecule has 0 radical (unpaired) electrons. The Kier molecular flexibility index (Phi) is 8.48. The molecule has 1 heterocycles. The van der Waals surface area contributed by atoms with Crippen molar-refractivity contribution in [1.82, 2.24) is 4.90 Å². The van der Waals surface area contributed by atoms with Crippen LogP contribution in [0, 0.1) is 5.92 Å². The van der Waals surface area contributed by atoms with E-state index in [1.165, 1.54) is 0 Å². The van der Waals surface area contributed by atoms with Crippen molar-refractivity contribution in [3.8, 4) is 5.75 Å². The second-order valence-corrected chi connectivity index (χ2v) is 8.49. The fourth-order valence-corrected chi connectivity index (χ4v) is 4.73. The van der Waals surface area contributed by atoms with Gasteiger partial charge in [0.2, 0.25) is 5.91 Å². The number of esters is 1. The lowest BCUT2D eigenvalue weighted by Gasteiger charge is -2.29. The van der Waals surface area contributed by atoms with Gasteiger partial charge in [0.05, 0.1) is 25.5 Å². The Morgan fingerprint density at radius 3 is 2.56 bits per heavy atom. The number of carbonyl (C=O) groups excluding carboxylic acids is 2. The predicted molar refractivity (Wildman–Crippen MR) is 109 cm³/mol. The molecule has 1 aliphatic heterocycles. The van der Waals surface area contributed by atoms with E-state index in [2.05, 4.69) is 20.8 Å².